The molecule has 6 heteroatoms. The van der Waals surface area contributed by atoms with Gasteiger partial charge in [0, 0.05) is 5.56 Å². The highest BCUT2D eigenvalue weighted by Crippen LogP contribution is 2.43. The maximum absolute atomic E-state index is 13.0. The molecule has 2 rings (SSSR count). The topological polar surface area (TPSA) is 37.3 Å². The minimum atomic E-state index is -4.56. The predicted octanol–water partition coefficient (Wildman–Crippen LogP) is 4.44. The summed E-state index contributed by atoms with van der Waals surface area (Å²) in [6, 6.07) is 7.67. The molecule has 2 aromatic rings. The summed E-state index contributed by atoms with van der Waals surface area (Å²) in [5, 5.41) is 8.85. The van der Waals surface area contributed by atoms with Gasteiger partial charge in [0.25, 0.3) is 0 Å². The first kappa shape index (κ1) is 13.6. The first-order chi connectivity index (χ1) is 8.80. The van der Waals surface area contributed by atoms with E-state index in [2.05, 4.69) is 0 Å². The molecule has 100 valence electrons. The van der Waals surface area contributed by atoms with Crippen LogP contribution in [0.25, 0.3) is 11.1 Å². The van der Waals surface area contributed by atoms with E-state index in [9.17, 15) is 18.0 Å². The van der Waals surface area contributed by atoms with Gasteiger partial charge in [-0.3, -0.25) is 0 Å². The van der Waals surface area contributed by atoms with Gasteiger partial charge >= 0.3 is 12.1 Å². The van der Waals surface area contributed by atoms with Crippen LogP contribution < -0.4 is 0 Å². The Labute approximate surface area is 111 Å². The van der Waals surface area contributed by atoms with E-state index in [1.54, 1.807) is 31.2 Å². The fourth-order valence-electron chi connectivity index (χ4n) is 1.78. The summed E-state index contributed by atoms with van der Waals surface area (Å²) in [6.07, 6.45) is -4.56. The molecule has 0 bridgehead atoms. The van der Waals surface area contributed by atoms with E-state index in [1.807, 2.05) is 0 Å². The fourth-order valence-corrected chi connectivity index (χ4v) is 2.66. The summed E-state index contributed by atoms with van der Waals surface area (Å²) in [5.41, 5.74) is 0.995. The van der Waals surface area contributed by atoms with Gasteiger partial charge in [0.05, 0.1) is 0 Å². The molecule has 2 nitrogen and oxygen atoms in total. The quantitative estimate of drug-likeness (QED) is 0.886. The molecule has 0 unspecified atom stereocenters. The number of benzene rings is 1. The molecule has 19 heavy (non-hydrogen) atoms. The van der Waals surface area contributed by atoms with Crippen LogP contribution in [0.5, 0.6) is 0 Å². The largest absolute Gasteiger partial charge is 0.477 e. The van der Waals surface area contributed by atoms with Crippen LogP contribution in [0.15, 0.2) is 30.3 Å². The molecule has 0 saturated carbocycles. The van der Waals surface area contributed by atoms with Crippen molar-refractivity contribution in [3.8, 4) is 11.1 Å². The molecule has 1 N–H and O–H groups in total. The summed E-state index contributed by atoms with van der Waals surface area (Å²) < 4.78 is 38.9. The summed E-state index contributed by atoms with van der Waals surface area (Å²) in [7, 11) is 0. The molecule has 0 aliphatic carbocycles. The number of carboxylic acids is 1. The first-order valence-corrected chi connectivity index (χ1v) is 6.12. The molecule has 0 aliphatic rings. The van der Waals surface area contributed by atoms with Crippen LogP contribution in [0, 0.1) is 6.92 Å². The van der Waals surface area contributed by atoms with Crippen LogP contribution in [0.3, 0.4) is 0 Å². The molecule has 0 radical (unpaired) electrons. The van der Waals surface area contributed by atoms with Crippen molar-refractivity contribution >= 4 is 17.3 Å². The van der Waals surface area contributed by atoms with Gasteiger partial charge in [-0.15, -0.1) is 11.3 Å². The highest BCUT2D eigenvalue weighted by molar-refractivity contribution is 7.14. The zero-order chi connectivity index (χ0) is 14.2. The number of carboxylic acid groups (broad SMARTS) is 1. The molecule has 0 aliphatic heterocycles. The van der Waals surface area contributed by atoms with E-state index in [-0.39, 0.29) is 21.8 Å². The van der Waals surface area contributed by atoms with E-state index in [0.29, 0.717) is 11.1 Å². The van der Waals surface area contributed by atoms with E-state index in [4.69, 9.17) is 5.11 Å². The molecule has 0 atom stereocenters. The maximum atomic E-state index is 13.0. The number of thiophene rings is 1. The van der Waals surface area contributed by atoms with Crippen molar-refractivity contribution < 1.29 is 23.1 Å². The third kappa shape index (κ3) is 2.63. The number of hydrogen-bond acceptors (Lipinski definition) is 2. The minimum Gasteiger partial charge on any atom is -0.477 e. The van der Waals surface area contributed by atoms with E-state index in [0.717, 1.165) is 6.07 Å². The normalized spacial score (nSPS) is 11.6. The SMILES string of the molecule is Cc1ccccc1-c1cc(C(=O)O)sc1C(F)(F)F. The van der Waals surface area contributed by atoms with Crippen LogP contribution in [0.4, 0.5) is 13.2 Å². The molecule has 0 spiro atoms. The number of rotatable bonds is 2. The van der Waals surface area contributed by atoms with E-state index in [1.165, 1.54) is 0 Å². The van der Waals surface area contributed by atoms with Crippen LogP contribution in [-0.4, -0.2) is 11.1 Å². The van der Waals surface area contributed by atoms with Crippen molar-refractivity contribution in [2.24, 2.45) is 0 Å². The van der Waals surface area contributed by atoms with Crippen molar-refractivity contribution in [3.05, 3.63) is 45.6 Å². The Balaban J connectivity index is 2.69. The molecule has 1 aromatic carbocycles. The number of carbonyl (C=O) groups is 1. The molecule has 0 fully saturated rings. The number of aromatic carboxylic acids is 1. The van der Waals surface area contributed by atoms with Crippen molar-refractivity contribution in [2.45, 2.75) is 13.1 Å². The zero-order valence-electron chi connectivity index (χ0n) is 9.78. The Bertz CT molecular complexity index is 629. The summed E-state index contributed by atoms with van der Waals surface area (Å²) in [6.45, 7) is 1.69. The summed E-state index contributed by atoms with van der Waals surface area (Å²) >= 11 is 0.254. The highest BCUT2D eigenvalue weighted by Gasteiger charge is 2.37. The zero-order valence-corrected chi connectivity index (χ0v) is 10.6. The Morgan fingerprint density at radius 1 is 1.21 bits per heavy atom. The third-order valence-corrected chi connectivity index (χ3v) is 3.80. The third-order valence-electron chi connectivity index (χ3n) is 2.64. The molecular formula is C13H9F3O2S. The van der Waals surface area contributed by atoms with Crippen molar-refractivity contribution in [2.75, 3.05) is 0 Å². The highest BCUT2D eigenvalue weighted by atomic mass is 32.1. The van der Waals surface area contributed by atoms with Crippen molar-refractivity contribution in [3.63, 3.8) is 0 Å². The molecule has 0 saturated heterocycles. The minimum absolute atomic E-state index is 0.0759. The van der Waals surface area contributed by atoms with Crippen LogP contribution in [0.1, 0.15) is 20.1 Å². The smallest absolute Gasteiger partial charge is 0.426 e. The number of aryl methyl sites for hydroxylation is 1. The Morgan fingerprint density at radius 3 is 2.37 bits per heavy atom. The van der Waals surface area contributed by atoms with Gasteiger partial charge in [-0.2, -0.15) is 13.2 Å². The van der Waals surface area contributed by atoms with Gasteiger partial charge in [0.1, 0.15) is 9.75 Å². The Hall–Kier alpha value is -1.82. The number of alkyl halides is 3. The first-order valence-electron chi connectivity index (χ1n) is 5.31. The van der Waals surface area contributed by atoms with Gasteiger partial charge in [-0.1, -0.05) is 24.3 Å². The fraction of sp³-hybridized carbons (Fsp3) is 0.154. The van der Waals surface area contributed by atoms with Crippen LogP contribution in [-0.2, 0) is 6.18 Å². The second-order valence-corrected chi connectivity index (χ2v) is 5.02. The second-order valence-electron chi connectivity index (χ2n) is 3.97. The molecule has 1 aromatic heterocycles. The lowest BCUT2D eigenvalue weighted by molar-refractivity contribution is -0.133. The van der Waals surface area contributed by atoms with Crippen molar-refractivity contribution in [1.29, 1.82) is 0 Å². The monoisotopic (exact) mass is 286 g/mol. The second kappa shape index (κ2) is 4.70. The number of halogens is 3. The lowest BCUT2D eigenvalue weighted by atomic mass is 10.0. The molecular weight excluding hydrogens is 277 g/mol. The summed E-state index contributed by atoms with van der Waals surface area (Å²) in [5.74, 6) is -1.35. The maximum Gasteiger partial charge on any atom is 0.426 e. The van der Waals surface area contributed by atoms with Gasteiger partial charge in [0.2, 0.25) is 0 Å². The van der Waals surface area contributed by atoms with Gasteiger partial charge in [0.15, 0.2) is 0 Å². The van der Waals surface area contributed by atoms with Crippen molar-refractivity contribution in [1.82, 2.24) is 0 Å². The van der Waals surface area contributed by atoms with Crippen LogP contribution in [0.2, 0.25) is 0 Å². The van der Waals surface area contributed by atoms with Gasteiger partial charge in [-0.25, -0.2) is 4.79 Å². The molecule has 0 amide bonds. The van der Waals surface area contributed by atoms with Crippen LogP contribution >= 0.6 is 11.3 Å². The standard InChI is InChI=1S/C13H9F3O2S/c1-7-4-2-3-5-8(7)9-6-10(12(17)18)19-11(9)13(14,15)16/h2-6H,1H3,(H,17,18). The van der Waals surface area contributed by atoms with Gasteiger partial charge < -0.3 is 5.11 Å². The number of hydrogen-bond donors (Lipinski definition) is 1. The molecule has 1 heterocycles. The van der Waals surface area contributed by atoms with E-state index >= 15 is 0 Å². The lowest BCUT2D eigenvalue weighted by Crippen LogP contribution is -2.03. The lowest BCUT2D eigenvalue weighted by Gasteiger charge is -2.09. The Morgan fingerprint density at radius 2 is 1.84 bits per heavy atom. The average Bonchev–Trinajstić information content (AvgIpc) is 2.74. The van der Waals surface area contributed by atoms with Gasteiger partial charge in [-0.05, 0) is 24.1 Å². The van der Waals surface area contributed by atoms with E-state index < -0.39 is 17.0 Å². The summed E-state index contributed by atoms with van der Waals surface area (Å²) in [4.78, 5) is 9.66. The predicted molar refractivity (Wildman–Crippen MR) is 66.5 cm³/mol. The average molecular weight is 286 g/mol. The Kier molecular flexibility index (Phi) is 3.36.